The Balaban J connectivity index is 2.89. The molecule has 0 spiro atoms. The van der Waals surface area contributed by atoms with Crippen LogP contribution in [0.5, 0.6) is 5.88 Å². The zero-order valence-electron chi connectivity index (χ0n) is 7.33. The highest BCUT2D eigenvalue weighted by Crippen LogP contribution is 2.10. The standard InChI is InChI=1S/C8H7N3O2S/c1-13-5-3-2-4-6(9-5)10-8(14)11-7(4)12/h2-3H,1H3,(H2,9,10,11,12,14). The number of nitrogens with one attached hydrogen (secondary N) is 2. The van der Waals surface area contributed by atoms with Crippen LogP contribution in [0, 0.1) is 4.77 Å². The Kier molecular flexibility index (Phi) is 2.05. The monoisotopic (exact) mass is 209 g/mol. The van der Waals surface area contributed by atoms with E-state index >= 15 is 0 Å². The van der Waals surface area contributed by atoms with Gasteiger partial charge in [0.05, 0.1) is 12.5 Å². The van der Waals surface area contributed by atoms with Crippen molar-refractivity contribution in [3.8, 4) is 5.88 Å². The molecule has 2 aromatic rings. The summed E-state index contributed by atoms with van der Waals surface area (Å²) in [5, 5.41) is 0.458. The van der Waals surface area contributed by atoms with Gasteiger partial charge in [0, 0.05) is 6.07 Å². The third-order valence-corrected chi connectivity index (χ3v) is 1.99. The van der Waals surface area contributed by atoms with Crippen LogP contribution in [0.4, 0.5) is 0 Å². The van der Waals surface area contributed by atoms with Crippen molar-refractivity contribution in [2.45, 2.75) is 0 Å². The van der Waals surface area contributed by atoms with Crippen LogP contribution in [0.3, 0.4) is 0 Å². The second-order valence-corrected chi connectivity index (χ2v) is 3.07. The lowest BCUT2D eigenvalue weighted by molar-refractivity contribution is 0.399. The zero-order valence-corrected chi connectivity index (χ0v) is 8.14. The van der Waals surface area contributed by atoms with Crippen molar-refractivity contribution in [3.05, 3.63) is 27.3 Å². The summed E-state index contributed by atoms with van der Waals surface area (Å²) >= 11 is 4.81. The number of methoxy groups -OCH3 is 1. The molecule has 5 nitrogen and oxygen atoms in total. The van der Waals surface area contributed by atoms with Gasteiger partial charge in [-0.15, -0.1) is 0 Å². The molecule has 0 aliphatic rings. The van der Waals surface area contributed by atoms with Gasteiger partial charge in [-0.25, -0.2) is 0 Å². The minimum absolute atomic E-state index is 0.251. The van der Waals surface area contributed by atoms with Crippen LogP contribution in [0.1, 0.15) is 0 Å². The maximum Gasteiger partial charge on any atom is 0.261 e. The normalized spacial score (nSPS) is 10.4. The molecule has 14 heavy (non-hydrogen) atoms. The highest BCUT2D eigenvalue weighted by molar-refractivity contribution is 7.71. The summed E-state index contributed by atoms with van der Waals surface area (Å²) in [6.07, 6.45) is 0. The van der Waals surface area contributed by atoms with E-state index in [1.165, 1.54) is 7.11 Å². The molecule has 0 saturated heterocycles. The molecule has 0 fully saturated rings. The Hall–Kier alpha value is -1.69. The highest BCUT2D eigenvalue weighted by atomic mass is 32.1. The van der Waals surface area contributed by atoms with Gasteiger partial charge in [-0.3, -0.25) is 9.78 Å². The van der Waals surface area contributed by atoms with Crippen molar-refractivity contribution in [3.63, 3.8) is 0 Å². The summed E-state index contributed by atoms with van der Waals surface area (Å²) in [5.41, 5.74) is 0.178. The summed E-state index contributed by atoms with van der Waals surface area (Å²) in [6.45, 7) is 0. The SMILES string of the molecule is COc1ccc2c(=O)[nH]c(=S)[nH]c2n1. The fraction of sp³-hybridized carbons (Fsp3) is 0.125. The van der Waals surface area contributed by atoms with E-state index in [9.17, 15) is 4.79 Å². The predicted octanol–water partition coefficient (Wildman–Crippen LogP) is 0.989. The first-order valence-electron chi connectivity index (χ1n) is 3.88. The van der Waals surface area contributed by atoms with Crippen LogP contribution in [0.2, 0.25) is 0 Å². The van der Waals surface area contributed by atoms with E-state index in [0.29, 0.717) is 16.9 Å². The molecule has 0 unspecified atom stereocenters. The second-order valence-electron chi connectivity index (χ2n) is 2.66. The van der Waals surface area contributed by atoms with E-state index in [1.54, 1.807) is 12.1 Å². The van der Waals surface area contributed by atoms with Crippen LogP contribution in [0.15, 0.2) is 16.9 Å². The molecule has 0 radical (unpaired) electrons. The first-order chi connectivity index (χ1) is 6.70. The second kappa shape index (κ2) is 3.22. The number of aromatic nitrogens is 3. The predicted molar refractivity (Wildman–Crippen MR) is 54.1 cm³/mol. The van der Waals surface area contributed by atoms with E-state index in [1.807, 2.05) is 0 Å². The molecule has 72 valence electrons. The minimum atomic E-state index is -0.251. The third-order valence-electron chi connectivity index (χ3n) is 1.78. The number of pyridine rings is 1. The van der Waals surface area contributed by atoms with Crippen LogP contribution in [-0.4, -0.2) is 22.1 Å². The van der Waals surface area contributed by atoms with Gasteiger partial charge >= 0.3 is 0 Å². The zero-order chi connectivity index (χ0) is 10.1. The van der Waals surface area contributed by atoms with Crippen LogP contribution >= 0.6 is 12.2 Å². The van der Waals surface area contributed by atoms with Crippen molar-refractivity contribution < 1.29 is 4.74 Å². The van der Waals surface area contributed by atoms with Crippen molar-refractivity contribution in [1.29, 1.82) is 0 Å². The molecule has 0 aliphatic heterocycles. The van der Waals surface area contributed by atoms with Gasteiger partial charge in [0.25, 0.3) is 5.56 Å². The average Bonchev–Trinajstić information content (AvgIpc) is 2.16. The first-order valence-corrected chi connectivity index (χ1v) is 4.29. The van der Waals surface area contributed by atoms with Gasteiger partial charge in [0.2, 0.25) is 5.88 Å². The van der Waals surface area contributed by atoms with Gasteiger partial charge in [0.1, 0.15) is 5.65 Å². The molecular formula is C8H7N3O2S. The number of rotatable bonds is 1. The van der Waals surface area contributed by atoms with Crippen molar-refractivity contribution in [2.75, 3.05) is 7.11 Å². The summed E-state index contributed by atoms with van der Waals surface area (Å²) < 4.78 is 5.18. The molecule has 0 amide bonds. The minimum Gasteiger partial charge on any atom is -0.481 e. The summed E-state index contributed by atoms with van der Waals surface area (Å²) in [6, 6.07) is 3.25. The lowest BCUT2D eigenvalue weighted by Crippen LogP contribution is -2.08. The van der Waals surface area contributed by atoms with Crippen molar-refractivity contribution in [2.24, 2.45) is 0 Å². The number of H-pyrrole nitrogens is 2. The van der Waals surface area contributed by atoms with Gasteiger partial charge in [-0.1, -0.05) is 0 Å². The summed E-state index contributed by atoms with van der Waals surface area (Å²) in [7, 11) is 1.51. The molecule has 2 heterocycles. The number of ether oxygens (including phenoxy) is 1. The van der Waals surface area contributed by atoms with E-state index < -0.39 is 0 Å². The maximum atomic E-state index is 11.4. The molecule has 6 heteroatoms. The lowest BCUT2D eigenvalue weighted by Gasteiger charge is -1.99. The van der Waals surface area contributed by atoms with Gasteiger partial charge < -0.3 is 9.72 Å². The number of nitrogens with zero attached hydrogens (tertiary/aromatic N) is 1. The fourth-order valence-electron chi connectivity index (χ4n) is 1.14. The van der Waals surface area contributed by atoms with Crippen LogP contribution in [0.25, 0.3) is 11.0 Å². The van der Waals surface area contributed by atoms with E-state index in [2.05, 4.69) is 15.0 Å². The summed E-state index contributed by atoms with van der Waals surface area (Å²) in [4.78, 5) is 20.7. The number of fused-ring (bicyclic) bond motifs is 1. The lowest BCUT2D eigenvalue weighted by atomic mass is 10.3. The Morgan fingerprint density at radius 3 is 2.93 bits per heavy atom. The molecule has 2 aromatic heterocycles. The Morgan fingerprint density at radius 1 is 1.43 bits per heavy atom. The molecule has 2 rings (SSSR count). The Bertz CT molecular complexity index is 587. The van der Waals surface area contributed by atoms with E-state index in [0.717, 1.165) is 0 Å². The largest absolute Gasteiger partial charge is 0.481 e. The van der Waals surface area contributed by atoms with Crippen LogP contribution in [-0.2, 0) is 0 Å². The van der Waals surface area contributed by atoms with E-state index in [-0.39, 0.29) is 10.3 Å². The molecule has 0 bridgehead atoms. The number of hydrogen-bond acceptors (Lipinski definition) is 4. The van der Waals surface area contributed by atoms with E-state index in [4.69, 9.17) is 17.0 Å². The topological polar surface area (TPSA) is 70.8 Å². The van der Waals surface area contributed by atoms with Gasteiger partial charge in [0.15, 0.2) is 4.77 Å². The molecule has 0 saturated carbocycles. The molecule has 2 N–H and O–H groups in total. The van der Waals surface area contributed by atoms with Gasteiger partial charge in [-0.05, 0) is 18.3 Å². The summed E-state index contributed by atoms with van der Waals surface area (Å²) in [5.74, 6) is 0.439. The molecular weight excluding hydrogens is 202 g/mol. The van der Waals surface area contributed by atoms with Gasteiger partial charge in [-0.2, -0.15) is 4.98 Å². The Morgan fingerprint density at radius 2 is 2.21 bits per heavy atom. The maximum absolute atomic E-state index is 11.4. The smallest absolute Gasteiger partial charge is 0.261 e. The molecule has 0 aromatic carbocycles. The highest BCUT2D eigenvalue weighted by Gasteiger charge is 2.01. The molecule has 0 aliphatic carbocycles. The van der Waals surface area contributed by atoms with Crippen molar-refractivity contribution >= 4 is 23.3 Å². The number of hydrogen-bond donors (Lipinski definition) is 2. The number of aromatic amines is 2. The first kappa shape index (κ1) is 8.89. The quantitative estimate of drug-likeness (QED) is 0.687. The molecule has 0 atom stereocenters. The average molecular weight is 209 g/mol. The van der Waals surface area contributed by atoms with Crippen molar-refractivity contribution in [1.82, 2.24) is 15.0 Å². The van der Waals surface area contributed by atoms with Crippen LogP contribution < -0.4 is 10.3 Å². The fourth-order valence-corrected chi connectivity index (χ4v) is 1.33. The Labute approximate surface area is 83.8 Å². The third kappa shape index (κ3) is 1.39.